The molecule has 23 heavy (non-hydrogen) atoms. The molecule has 9 heteroatoms. The van der Waals surface area contributed by atoms with E-state index >= 15 is 0 Å². The first kappa shape index (κ1) is 32.8. The molecule has 0 aromatic heterocycles. The van der Waals surface area contributed by atoms with E-state index in [4.69, 9.17) is 19.2 Å². The number of phosphoric acid groups is 1. The van der Waals surface area contributed by atoms with Crippen molar-refractivity contribution < 1.29 is 113 Å². The van der Waals surface area contributed by atoms with Gasteiger partial charge in [0.1, 0.15) is 5.75 Å². The minimum atomic E-state index is -5.39. The maximum Gasteiger partial charge on any atom is 1.00 e. The van der Waals surface area contributed by atoms with Gasteiger partial charge in [0.05, 0.1) is 0 Å². The fraction of sp³-hybridized carbons (Fsp3) is 0.571. The average molecular weight is 370 g/mol. The van der Waals surface area contributed by atoms with Crippen molar-refractivity contribution in [3.63, 3.8) is 0 Å². The molecule has 5 nitrogen and oxygen atoms in total. The Labute approximate surface area is 205 Å². The summed E-state index contributed by atoms with van der Waals surface area (Å²) in [4.78, 5) is 25.6. The van der Waals surface area contributed by atoms with Crippen molar-refractivity contribution in [1.29, 1.82) is 0 Å². The number of aryl methyl sites for hydroxylation is 2. The Morgan fingerprint density at radius 2 is 1.39 bits per heavy atom. The molecule has 116 valence electrons. The number of phenols is 1. The van der Waals surface area contributed by atoms with E-state index in [1.165, 1.54) is 24.8 Å². The molecule has 0 aliphatic rings. The van der Waals surface area contributed by atoms with Crippen LogP contribution in [0.15, 0.2) is 18.2 Å². The van der Waals surface area contributed by atoms with E-state index in [1.807, 2.05) is 12.1 Å². The van der Waals surface area contributed by atoms with E-state index < -0.39 is 7.82 Å². The van der Waals surface area contributed by atoms with Gasteiger partial charge in [0.2, 0.25) is 0 Å². The Morgan fingerprint density at radius 3 is 1.83 bits per heavy atom. The van der Waals surface area contributed by atoms with E-state index in [2.05, 4.69) is 19.9 Å². The minimum absolute atomic E-state index is 0. The standard InChI is InChI=1S/C14H22O.3Na.H3O4P/c1-3-5-7-12-9-10-14(15)13(11-12)8-6-4-2;;;;1-5(2,3)4/h9-11,15H,3-8H2,1-2H3;;;;(H3,1,2,3,4)/q;3*+1;/p-3. The quantitative estimate of drug-likeness (QED) is 0.396. The second-order valence-corrected chi connectivity index (χ2v) is 5.51. The van der Waals surface area contributed by atoms with Crippen LogP contribution in [0.4, 0.5) is 0 Å². The molecule has 0 bridgehead atoms. The molecule has 0 fully saturated rings. The van der Waals surface area contributed by atoms with E-state index in [-0.39, 0.29) is 88.7 Å². The first-order valence-corrected chi connectivity index (χ1v) is 8.27. The second kappa shape index (κ2) is 18.9. The molecular formula is C14H22Na3O5P. The van der Waals surface area contributed by atoms with E-state index in [1.54, 1.807) is 0 Å². The number of unbranched alkanes of at least 4 members (excludes halogenated alkanes) is 2. The summed E-state index contributed by atoms with van der Waals surface area (Å²) >= 11 is 0. The van der Waals surface area contributed by atoms with E-state index in [0.29, 0.717) is 5.75 Å². The summed E-state index contributed by atoms with van der Waals surface area (Å²) in [5, 5.41) is 9.69. The van der Waals surface area contributed by atoms with Crippen LogP contribution in [0.2, 0.25) is 0 Å². The van der Waals surface area contributed by atoms with Crippen LogP contribution in [0.1, 0.15) is 50.7 Å². The molecule has 0 aliphatic heterocycles. The molecule has 0 atom stereocenters. The molecule has 1 aromatic rings. The fourth-order valence-corrected chi connectivity index (χ4v) is 1.74. The maximum atomic E-state index is 9.69. The SMILES string of the molecule is CCCCc1ccc(O)c(CCCC)c1.O=P([O-])([O-])[O-].[Na+].[Na+].[Na+]. The molecule has 0 amide bonds. The number of rotatable bonds is 6. The van der Waals surface area contributed by atoms with Gasteiger partial charge in [-0.05, 0) is 42.9 Å². The molecule has 1 aromatic carbocycles. The summed E-state index contributed by atoms with van der Waals surface area (Å²) in [7, 11) is -5.39. The molecule has 1 rings (SSSR count). The molecule has 0 spiro atoms. The summed E-state index contributed by atoms with van der Waals surface area (Å²) in [6.07, 6.45) is 6.94. The van der Waals surface area contributed by atoms with Crippen LogP contribution < -0.4 is 103 Å². The summed E-state index contributed by atoms with van der Waals surface area (Å²) in [5.74, 6) is 0.462. The van der Waals surface area contributed by atoms with Gasteiger partial charge in [-0.2, -0.15) is 7.82 Å². The average Bonchev–Trinajstić information content (AvgIpc) is 2.34. The number of aromatic hydroxyl groups is 1. The Morgan fingerprint density at radius 1 is 0.957 bits per heavy atom. The van der Waals surface area contributed by atoms with Gasteiger partial charge in [0.15, 0.2) is 0 Å². The van der Waals surface area contributed by atoms with Crippen molar-refractivity contribution >= 4 is 7.82 Å². The predicted octanol–water partition coefficient (Wildman–Crippen LogP) is -7.74. The third kappa shape index (κ3) is 22.1. The van der Waals surface area contributed by atoms with Gasteiger partial charge in [-0.1, -0.05) is 38.8 Å². The Bertz CT molecular complexity index is 432. The summed E-state index contributed by atoms with van der Waals surface area (Å²) in [6, 6.07) is 6.05. The van der Waals surface area contributed by atoms with Crippen LogP contribution in [-0.2, 0) is 17.4 Å². The summed E-state index contributed by atoms with van der Waals surface area (Å²) in [6.45, 7) is 4.39. The molecule has 0 unspecified atom stereocenters. The van der Waals surface area contributed by atoms with Crippen molar-refractivity contribution in [3.05, 3.63) is 29.3 Å². The third-order valence-electron chi connectivity index (χ3n) is 2.76. The molecule has 0 saturated carbocycles. The van der Waals surface area contributed by atoms with Crippen LogP contribution in [0.25, 0.3) is 0 Å². The van der Waals surface area contributed by atoms with Gasteiger partial charge in [0.25, 0.3) is 0 Å². The van der Waals surface area contributed by atoms with E-state index in [0.717, 1.165) is 24.8 Å². The van der Waals surface area contributed by atoms with Crippen LogP contribution >= 0.6 is 7.82 Å². The van der Waals surface area contributed by atoms with Crippen LogP contribution in [0, 0.1) is 0 Å². The Hall–Kier alpha value is 2.13. The molecule has 0 heterocycles. The van der Waals surface area contributed by atoms with Crippen LogP contribution in [0.5, 0.6) is 5.75 Å². The smallest absolute Gasteiger partial charge is 0.822 e. The van der Waals surface area contributed by atoms with Crippen molar-refractivity contribution in [1.82, 2.24) is 0 Å². The topological polar surface area (TPSA) is 106 Å². The Kier molecular flexibility index (Phi) is 26.9. The first-order chi connectivity index (χ1) is 9.27. The van der Waals surface area contributed by atoms with Gasteiger partial charge in [-0.15, -0.1) is 0 Å². The van der Waals surface area contributed by atoms with Crippen molar-refractivity contribution in [2.75, 3.05) is 0 Å². The molecule has 0 saturated heterocycles. The number of benzene rings is 1. The zero-order valence-corrected chi connectivity index (χ0v) is 21.9. The first-order valence-electron chi connectivity index (χ1n) is 6.81. The molecule has 1 N–H and O–H groups in total. The van der Waals surface area contributed by atoms with Gasteiger partial charge in [-0.25, -0.2) is 0 Å². The fourth-order valence-electron chi connectivity index (χ4n) is 1.74. The number of hydrogen-bond donors (Lipinski definition) is 1. The number of phenolic OH excluding ortho intramolecular Hbond substituents is 1. The third-order valence-corrected chi connectivity index (χ3v) is 2.76. The summed E-state index contributed by atoms with van der Waals surface area (Å²) < 4.78 is 8.55. The monoisotopic (exact) mass is 370 g/mol. The van der Waals surface area contributed by atoms with Crippen molar-refractivity contribution in [2.24, 2.45) is 0 Å². The van der Waals surface area contributed by atoms with Crippen LogP contribution in [-0.4, -0.2) is 5.11 Å². The summed E-state index contributed by atoms with van der Waals surface area (Å²) in [5.41, 5.74) is 2.48. The maximum absolute atomic E-state index is 9.69. The minimum Gasteiger partial charge on any atom is -0.822 e. The van der Waals surface area contributed by atoms with Crippen molar-refractivity contribution in [2.45, 2.75) is 52.4 Å². The zero-order valence-electron chi connectivity index (χ0n) is 15.0. The second-order valence-electron chi connectivity index (χ2n) is 4.62. The predicted molar refractivity (Wildman–Crippen MR) is 72.9 cm³/mol. The van der Waals surface area contributed by atoms with Gasteiger partial charge >= 0.3 is 88.7 Å². The molecule has 0 radical (unpaired) electrons. The van der Waals surface area contributed by atoms with Crippen LogP contribution in [0.3, 0.4) is 0 Å². The number of hydrogen-bond acceptors (Lipinski definition) is 5. The Balaban J connectivity index is -0.000000199. The van der Waals surface area contributed by atoms with E-state index in [9.17, 15) is 5.11 Å². The van der Waals surface area contributed by atoms with Gasteiger partial charge < -0.3 is 24.4 Å². The van der Waals surface area contributed by atoms with Crippen molar-refractivity contribution in [3.8, 4) is 5.75 Å². The van der Waals surface area contributed by atoms with Gasteiger partial charge in [0, 0.05) is 0 Å². The molecule has 0 aliphatic carbocycles. The molecular weight excluding hydrogens is 348 g/mol. The van der Waals surface area contributed by atoms with Gasteiger partial charge in [-0.3, -0.25) is 0 Å². The normalized spacial score (nSPS) is 9.43. The largest absolute Gasteiger partial charge is 1.00 e. The zero-order chi connectivity index (χ0) is 15.6.